The number of amides is 2. The molecule has 1 aliphatic heterocycles. The van der Waals surface area contributed by atoms with Gasteiger partial charge in [-0.15, -0.1) is 0 Å². The summed E-state index contributed by atoms with van der Waals surface area (Å²) in [5.74, 6) is -1.46. The van der Waals surface area contributed by atoms with Gasteiger partial charge in [-0.2, -0.15) is 0 Å². The molecule has 2 amide bonds. The van der Waals surface area contributed by atoms with Crippen molar-refractivity contribution in [1.82, 2.24) is 4.90 Å². The number of hydrogen-bond donors (Lipinski definition) is 0. The van der Waals surface area contributed by atoms with E-state index in [1.165, 1.54) is 15.9 Å². The van der Waals surface area contributed by atoms with Crippen LogP contribution in [-0.4, -0.2) is 53.6 Å². The van der Waals surface area contributed by atoms with Crippen molar-refractivity contribution in [2.24, 2.45) is 0 Å². The minimum atomic E-state index is -0.881. The molecule has 2 aromatic carbocycles. The molecule has 10 nitrogen and oxygen atoms in total. The van der Waals surface area contributed by atoms with E-state index in [1.807, 2.05) is 0 Å². The van der Waals surface area contributed by atoms with E-state index in [1.54, 1.807) is 39.0 Å². The fourth-order valence-electron chi connectivity index (χ4n) is 3.52. The number of hydrogen-bond acceptors (Lipinski definition) is 7. The number of carbonyl (C=O) groups is 3. The molecule has 180 valence electrons. The molecule has 3 rings (SSSR count). The fourth-order valence-corrected chi connectivity index (χ4v) is 3.71. The van der Waals surface area contributed by atoms with Crippen LogP contribution in [0.3, 0.4) is 0 Å². The summed E-state index contributed by atoms with van der Waals surface area (Å²) in [6.45, 7) is 5.65. The summed E-state index contributed by atoms with van der Waals surface area (Å²) in [6, 6.07) is 8.29. The predicted octanol–water partition coefficient (Wildman–Crippen LogP) is 4.43. The van der Waals surface area contributed by atoms with Gasteiger partial charge in [-0.05, 0) is 50.6 Å². The van der Waals surface area contributed by atoms with Crippen LogP contribution in [0.5, 0.6) is 0 Å². The van der Waals surface area contributed by atoms with Gasteiger partial charge in [0.25, 0.3) is 11.6 Å². The number of halogens is 1. The Morgan fingerprint density at radius 2 is 1.76 bits per heavy atom. The summed E-state index contributed by atoms with van der Waals surface area (Å²) in [5.41, 5.74) is -0.254. The SMILES string of the molecule is COC(=O)c1cc([N+](=O)[O-])ccc1C(=O)N1CCN(C(=O)OC(C)(C)C)Cc2cc(Cl)ccc21. The molecule has 0 bridgehead atoms. The molecule has 0 spiro atoms. The number of anilines is 1. The molecule has 2 aromatic rings. The lowest BCUT2D eigenvalue weighted by molar-refractivity contribution is -0.384. The molecule has 0 N–H and O–H groups in total. The van der Waals surface area contributed by atoms with E-state index in [0.29, 0.717) is 16.3 Å². The minimum absolute atomic E-state index is 0.0657. The zero-order valence-corrected chi connectivity index (χ0v) is 19.9. The zero-order valence-electron chi connectivity index (χ0n) is 19.2. The Labute approximate surface area is 201 Å². The number of nitro groups is 1. The number of carbonyl (C=O) groups excluding carboxylic acids is 3. The van der Waals surface area contributed by atoms with E-state index in [9.17, 15) is 24.5 Å². The minimum Gasteiger partial charge on any atom is -0.465 e. The summed E-state index contributed by atoms with van der Waals surface area (Å²) in [5, 5.41) is 11.6. The topological polar surface area (TPSA) is 119 Å². The molecule has 0 fully saturated rings. The number of fused-ring (bicyclic) bond motifs is 1. The van der Waals surface area contributed by atoms with Crippen LogP contribution in [0.1, 0.15) is 47.1 Å². The molecule has 0 saturated heterocycles. The molecule has 1 aliphatic rings. The van der Waals surface area contributed by atoms with Crippen molar-refractivity contribution in [1.29, 1.82) is 0 Å². The summed E-state index contributed by atoms with van der Waals surface area (Å²) < 4.78 is 10.2. The predicted molar refractivity (Wildman–Crippen MR) is 124 cm³/mol. The largest absolute Gasteiger partial charge is 0.465 e. The Hall–Kier alpha value is -3.66. The van der Waals surface area contributed by atoms with Gasteiger partial charge in [-0.25, -0.2) is 9.59 Å². The van der Waals surface area contributed by atoms with E-state index in [4.69, 9.17) is 21.1 Å². The van der Waals surface area contributed by atoms with Gasteiger partial charge in [0.2, 0.25) is 0 Å². The standard InChI is InChI=1S/C23H24ClN3O7/c1-23(2,3)34-22(30)25-9-10-26(19-8-5-15(24)11-14(19)13-25)20(28)17-7-6-16(27(31)32)12-18(17)21(29)33-4/h5-8,11-12H,9-10,13H2,1-4H3. The highest BCUT2D eigenvalue weighted by molar-refractivity contribution is 6.30. The second-order valence-corrected chi connectivity index (χ2v) is 9.05. The van der Waals surface area contributed by atoms with Crippen molar-refractivity contribution >= 4 is 40.9 Å². The third kappa shape index (κ3) is 5.45. The number of nitrogens with zero attached hydrogens (tertiary/aromatic N) is 3. The van der Waals surface area contributed by atoms with Gasteiger partial charge in [0.15, 0.2) is 0 Å². The van der Waals surface area contributed by atoms with E-state index in [0.717, 1.165) is 19.2 Å². The van der Waals surface area contributed by atoms with Crippen LogP contribution in [0, 0.1) is 10.1 Å². The van der Waals surface area contributed by atoms with Crippen LogP contribution in [0.15, 0.2) is 36.4 Å². The Morgan fingerprint density at radius 1 is 1.06 bits per heavy atom. The number of nitro benzene ring substituents is 1. The number of esters is 1. The average Bonchev–Trinajstić information content (AvgIpc) is 2.95. The first-order valence-corrected chi connectivity index (χ1v) is 10.7. The molecule has 34 heavy (non-hydrogen) atoms. The van der Waals surface area contributed by atoms with Crippen LogP contribution in [0.2, 0.25) is 5.02 Å². The highest BCUT2D eigenvalue weighted by Crippen LogP contribution is 2.31. The van der Waals surface area contributed by atoms with Gasteiger partial charge < -0.3 is 19.3 Å². The molecular formula is C23H24ClN3O7. The summed E-state index contributed by atoms with van der Waals surface area (Å²) >= 11 is 6.18. The summed E-state index contributed by atoms with van der Waals surface area (Å²) in [6.07, 6.45) is -0.543. The van der Waals surface area contributed by atoms with Gasteiger partial charge in [-0.1, -0.05) is 11.6 Å². The molecule has 1 heterocycles. The van der Waals surface area contributed by atoms with Crippen molar-refractivity contribution in [3.05, 3.63) is 68.2 Å². The first-order valence-electron chi connectivity index (χ1n) is 10.4. The Balaban J connectivity index is 2.04. The molecule has 0 aromatic heterocycles. The van der Waals surface area contributed by atoms with Crippen LogP contribution in [0.25, 0.3) is 0 Å². The lowest BCUT2D eigenvalue weighted by Crippen LogP contribution is -2.40. The Bertz CT molecular complexity index is 1160. The quantitative estimate of drug-likeness (QED) is 0.355. The van der Waals surface area contributed by atoms with Crippen LogP contribution in [-0.2, 0) is 16.0 Å². The number of ether oxygens (including phenoxy) is 2. The summed E-state index contributed by atoms with van der Waals surface area (Å²) in [7, 11) is 1.12. The van der Waals surface area contributed by atoms with E-state index >= 15 is 0 Å². The zero-order chi connectivity index (χ0) is 25.2. The normalized spacial score (nSPS) is 13.6. The third-order valence-electron chi connectivity index (χ3n) is 5.03. The summed E-state index contributed by atoms with van der Waals surface area (Å²) in [4.78, 5) is 52.1. The van der Waals surface area contributed by atoms with Crippen molar-refractivity contribution in [2.75, 3.05) is 25.1 Å². The second kappa shape index (κ2) is 9.68. The number of benzene rings is 2. The van der Waals surface area contributed by atoms with Gasteiger partial charge in [0.1, 0.15) is 5.60 Å². The average molecular weight is 490 g/mol. The third-order valence-corrected chi connectivity index (χ3v) is 5.27. The maximum atomic E-state index is 13.6. The monoisotopic (exact) mass is 489 g/mol. The maximum absolute atomic E-state index is 13.6. The molecule has 0 aliphatic carbocycles. The van der Waals surface area contributed by atoms with Gasteiger partial charge >= 0.3 is 12.1 Å². The van der Waals surface area contributed by atoms with Crippen molar-refractivity contribution < 1.29 is 28.8 Å². The van der Waals surface area contributed by atoms with Crippen LogP contribution >= 0.6 is 11.6 Å². The smallest absolute Gasteiger partial charge is 0.410 e. The van der Waals surface area contributed by atoms with E-state index in [-0.39, 0.29) is 36.4 Å². The van der Waals surface area contributed by atoms with Crippen molar-refractivity contribution in [3.8, 4) is 0 Å². The fraction of sp³-hybridized carbons (Fsp3) is 0.348. The Morgan fingerprint density at radius 3 is 2.38 bits per heavy atom. The molecule has 0 atom stereocenters. The van der Waals surface area contributed by atoms with Gasteiger partial charge in [-0.3, -0.25) is 14.9 Å². The maximum Gasteiger partial charge on any atom is 0.410 e. The van der Waals surface area contributed by atoms with Crippen LogP contribution < -0.4 is 4.90 Å². The van der Waals surface area contributed by atoms with E-state index in [2.05, 4.69) is 0 Å². The van der Waals surface area contributed by atoms with Gasteiger partial charge in [0.05, 0.1) is 29.7 Å². The molecule has 0 saturated carbocycles. The number of methoxy groups -OCH3 is 1. The lowest BCUT2D eigenvalue weighted by atomic mass is 10.0. The first-order chi connectivity index (χ1) is 15.9. The van der Waals surface area contributed by atoms with Crippen molar-refractivity contribution in [2.45, 2.75) is 32.9 Å². The van der Waals surface area contributed by atoms with E-state index < -0.39 is 28.5 Å². The molecule has 11 heteroatoms. The number of non-ortho nitro benzene ring substituents is 1. The molecule has 0 unspecified atom stereocenters. The van der Waals surface area contributed by atoms with Crippen LogP contribution in [0.4, 0.5) is 16.2 Å². The highest BCUT2D eigenvalue weighted by Gasteiger charge is 2.32. The first kappa shape index (κ1) is 25.0. The van der Waals surface area contributed by atoms with Gasteiger partial charge in [0, 0.05) is 35.9 Å². The second-order valence-electron chi connectivity index (χ2n) is 8.61. The Kier molecular flexibility index (Phi) is 7.11. The highest BCUT2D eigenvalue weighted by atomic mass is 35.5. The van der Waals surface area contributed by atoms with Crippen molar-refractivity contribution in [3.63, 3.8) is 0 Å². The lowest BCUT2D eigenvalue weighted by Gasteiger charge is -2.26. The number of rotatable bonds is 3. The molecule has 0 radical (unpaired) electrons. The molecular weight excluding hydrogens is 466 g/mol.